The Hall–Kier alpha value is -2.41. The van der Waals surface area contributed by atoms with Crippen molar-refractivity contribution >= 4 is 33.4 Å². The second kappa shape index (κ2) is 8.62. The van der Waals surface area contributed by atoms with Crippen LogP contribution in [0.15, 0.2) is 53.0 Å². The molecule has 1 N–H and O–H groups in total. The summed E-state index contributed by atoms with van der Waals surface area (Å²) in [4.78, 5) is 25.6. The molecule has 0 aromatic heterocycles. The van der Waals surface area contributed by atoms with Gasteiger partial charge in [-0.25, -0.2) is 4.39 Å². The molecule has 2 aromatic rings. The highest BCUT2D eigenvalue weighted by Crippen LogP contribution is 2.17. The first-order chi connectivity index (χ1) is 11.8. The van der Waals surface area contributed by atoms with Gasteiger partial charge in [0.15, 0.2) is 6.10 Å². The van der Waals surface area contributed by atoms with E-state index < -0.39 is 6.10 Å². The van der Waals surface area contributed by atoms with Crippen LogP contribution in [0.1, 0.15) is 6.92 Å². The Morgan fingerprint density at radius 2 is 1.76 bits per heavy atom. The number of benzene rings is 2. The van der Waals surface area contributed by atoms with Crippen LogP contribution in [0.4, 0.5) is 10.1 Å². The Bertz CT molecular complexity index is 735. The number of anilines is 1. The molecule has 7 heteroatoms. The van der Waals surface area contributed by atoms with E-state index in [0.29, 0.717) is 11.4 Å². The van der Waals surface area contributed by atoms with Crippen molar-refractivity contribution in [2.75, 3.05) is 18.9 Å². The maximum atomic E-state index is 12.8. The summed E-state index contributed by atoms with van der Waals surface area (Å²) in [5.74, 6) is -0.520. The summed E-state index contributed by atoms with van der Waals surface area (Å²) in [6, 6.07) is 12.5. The van der Waals surface area contributed by atoms with Gasteiger partial charge >= 0.3 is 0 Å². The first-order valence-corrected chi connectivity index (χ1v) is 8.37. The van der Waals surface area contributed by atoms with E-state index in [1.54, 1.807) is 19.1 Å². The molecule has 0 aliphatic heterocycles. The quantitative estimate of drug-likeness (QED) is 0.795. The Morgan fingerprint density at radius 3 is 2.36 bits per heavy atom. The molecular formula is C18H18BrFN2O3. The van der Waals surface area contributed by atoms with Crippen molar-refractivity contribution in [2.24, 2.45) is 0 Å². The molecule has 25 heavy (non-hydrogen) atoms. The number of carbonyl (C=O) groups excluding carboxylic acids is 2. The summed E-state index contributed by atoms with van der Waals surface area (Å²) in [5.41, 5.74) is 0.464. The van der Waals surface area contributed by atoms with Crippen LogP contribution >= 0.6 is 15.9 Å². The molecule has 2 amide bonds. The SMILES string of the molecule is CC(Oc1ccc(Br)cc1)C(=O)N(C)CC(=O)Nc1ccc(F)cc1. The lowest BCUT2D eigenvalue weighted by atomic mass is 10.3. The van der Waals surface area contributed by atoms with Crippen LogP contribution in [-0.4, -0.2) is 36.4 Å². The molecule has 0 bridgehead atoms. The lowest BCUT2D eigenvalue weighted by molar-refractivity contribution is -0.139. The average molecular weight is 409 g/mol. The molecule has 0 saturated heterocycles. The van der Waals surface area contributed by atoms with Gasteiger partial charge in [0.05, 0.1) is 6.54 Å². The molecular weight excluding hydrogens is 391 g/mol. The Balaban J connectivity index is 1.86. The number of nitrogens with one attached hydrogen (secondary N) is 1. The van der Waals surface area contributed by atoms with Gasteiger partial charge in [-0.1, -0.05) is 15.9 Å². The summed E-state index contributed by atoms with van der Waals surface area (Å²) in [7, 11) is 1.52. The van der Waals surface area contributed by atoms with E-state index in [-0.39, 0.29) is 24.2 Å². The van der Waals surface area contributed by atoms with Gasteiger partial charge in [-0.05, 0) is 55.5 Å². The van der Waals surface area contributed by atoms with E-state index in [9.17, 15) is 14.0 Å². The normalized spacial score (nSPS) is 11.5. The first-order valence-electron chi connectivity index (χ1n) is 7.58. The van der Waals surface area contributed by atoms with Crippen LogP contribution in [0, 0.1) is 5.82 Å². The summed E-state index contributed by atoms with van der Waals surface area (Å²) in [6.45, 7) is 1.49. The number of ether oxygens (including phenoxy) is 1. The third kappa shape index (κ3) is 5.86. The Kier molecular flexibility index (Phi) is 6.52. The van der Waals surface area contributed by atoms with Crippen molar-refractivity contribution in [3.8, 4) is 5.75 Å². The smallest absolute Gasteiger partial charge is 0.263 e. The van der Waals surface area contributed by atoms with Gasteiger partial charge in [0.2, 0.25) is 5.91 Å². The number of hydrogen-bond donors (Lipinski definition) is 1. The van der Waals surface area contributed by atoms with Crippen molar-refractivity contribution in [1.29, 1.82) is 0 Å². The standard InChI is InChI=1S/C18H18BrFN2O3/c1-12(25-16-9-3-13(19)4-10-16)18(24)22(2)11-17(23)21-15-7-5-14(20)6-8-15/h3-10,12H,11H2,1-2H3,(H,21,23). The van der Waals surface area contributed by atoms with Crippen LogP contribution < -0.4 is 10.1 Å². The molecule has 5 nitrogen and oxygen atoms in total. The maximum Gasteiger partial charge on any atom is 0.263 e. The van der Waals surface area contributed by atoms with Crippen molar-refractivity contribution < 1.29 is 18.7 Å². The number of halogens is 2. The highest BCUT2D eigenvalue weighted by atomic mass is 79.9. The number of amides is 2. The van der Waals surface area contributed by atoms with Gasteiger partial charge in [0.25, 0.3) is 5.91 Å². The summed E-state index contributed by atoms with van der Waals surface area (Å²) in [5, 5.41) is 2.60. The van der Waals surface area contributed by atoms with E-state index in [0.717, 1.165) is 4.47 Å². The topological polar surface area (TPSA) is 58.6 Å². The highest BCUT2D eigenvalue weighted by molar-refractivity contribution is 9.10. The van der Waals surface area contributed by atoms with E-state index in [1.165, 1.54) is 36.2 Å². The summed E-state index contributed by atoms with van der Waals surface area (Å²) < 4.78 is 19.3. The molecule has 2 aromatic carbocycles. The Morgan fingerprint density at radius 1 is 1.16 bits per heavy atom. The van der Waals surface area contributed by atoms with Crippen molar-refractivity contribution in [1.82, 2.24) is 4.90 Å². The average Bonchev–Trinajstić information content (AvgIpc) is 2.58. The largest absolute Gasteiger partial charge is 0.481 e. The summed E-state index contributed by atoms with van der Waals surface area (Å²) >= 11 is 3.33. The van der Waals surface area contributed by atoms with E-state index >= 15 is 0 Å². The molecule has 1 unspecified atom stereocenters. The van der Waals surface area contributed by atoms with Gasteiger partial charge in [-0.15, -0.1) is 0 Å². The highest BCUT2D eigenvalue weighted by Gasteiger charge is 2.21. The van der Waals surface area contributed by atoms with Gasteiger partial charge in [0.1, 0.15) is 11.6 Å². The van der Waals surface area contributed by atoms with E-state index in [2.05, 4.69) is 21.2 Å². The molecule has 0 saturated carbocycles. The first kappa shape index (κ1) is 18.9. The third-order valence-corrected chi connectivity index (χ3v) is 3.89. The Labute approximate surface area is 153 Å². The maximum absolute atomic E-state index is 12.8. The molecule has 0 aliphatic carbocycles. The predicted octanol–water partition coefficient (Wildman–Crippen LogP) is 3.45. The molecule has 1 atom stereocenters. The monoisotopic (exact) mass is 408 g/mol. The molecule has 0 spiro atoms. The minimum atomic E-state index is -0.732. The van der Waals surface area contributed by atoms with Crippen molar-refractivity contribution in [2.45, 2.75) is 13.0 Å². The lowest BCUT2D eigenvalue weighted by Crippen LogP contribution is -2.41. The van der Waals surface area contributed by atoms with E-state index in [1.807, 2.05) is 12.1 Å². The van der Waals surface area contributed by atoms with Crippen molar-refractivity contribution in [3.05, 3.63) is 58.8 Å². The zero-order valence-electron chi connectivity index (χ0n) is 13.8. The van der Waals surface area contributed by atoms with E-state index in [4.69, 9.17) is 4.74 Å². The van der Waals surface area contributed by atoms with Crippen LogP contribution in [0.3, 0.4) is 0 Å². The number of rotatable bonds is 6. The van der Waals surface area contributed by atoms with Crippen LogP contribution in [0.5, 0.6) is 5.75 Å². The van der Waals surface area contributed by atoms with Gasteiger partial charge in [0, 0.05) is 17.2 Å². The number of hydrogen-bond acceptors (Lipinski definition) is 3. The second-order valence-corrected chi connectivity index (χ2v) is 6.38. The minimum Gasteiger partial charge on any atom is -0.481 e. The summed E-state index contributed by atoms with van der Waals surface area (Å²) in [6.07, 6.45) is -0.732. The van der Waals surface area contributed by atoms with Crippen molar-refractivity contribution in [3.63, 3.8) is 0 Å². The fourth-order valence-electron chi connectivity index (χ4n) is 2.11. The molecule has 0 aliphatic rings. The second-order valence-electron chi connectivity index (χ2n) is 5.46. The number of carbonyl (C=O) groups is 2. The van der Waals surface area contributed by atoms with Gasteiger partial charge in [-0.3, -0.25) is 9.59 Å². The minimum absolute atomic E-state index is 0.135. The number of likely N-dealkylation sites (N-methyl/N-ethyl adjacent to an activating group) is 1. The van der Waals surface area contributed by atoms with Crippen LogP contribution in [0.2, 0.25) is 0 Å². The zero-order valence-corrected chi connectivity index (χ0v) is 15.4. The molecule has 0 radical (unpaired) electrons. The van der Waals surface area contributed by atoms with Gasteiger partial charge < -0.3 is 15.0 Å². The molecule has 0 heterocycles. The lowest BCUT2D eigenvalue weighted by Gasteiger charge is -2.21. The molecule has 132 valence electrons. The predicted molar refractivity (Wildman–Crippen MR) is 96.9 cm³/mol. The number of nitrogens with zero attached hydrogens (tertiary/aromatic N) is 1. The molecule has 0 fully saturated rings. The van der Waals surface area contributed by atoms with Crippen LogP contribution in [-0.2, 0) is 9.59 Å². The third-order valence-electron chi connectivity index (χ3n) is 3.36. The fraction of sp³-hybridized carbons (Fsp3) is 0.222. The van der Waals surface area contributed by atoms with Crippen LogP contribution in [0.25, 0.3) is 0 Å². The zero-order chi connectivity index (χ0) is 18.4. The fourth-order valence-corrected chi connectivity index (χ4v) is 2.37. The molecule has 2 rings (SSSR count). The van der Waals surface area contributed by atoms with Gasteiger partial charge in [-0.2, -0.15) is 0 Å².